The smallest absolute Gasteiger partial charge is 0.0742 e. The Labute approximate surface area is 85.8 Å². The van der Waals surface area contributed by atoms with E-state index in [-0.39, 0.29) is 0 Å². The third-order valence-corrected chi connectivity index (χ3v) is 3.50. The SMILES string of the molecule is O/N=C1\CCCC[C@@H]1N1CCCCC1. The van der Waals surface area contributed by atoms with E-state index in [0.29, 0.717) is 6.04 Å². The molecule has 0 radical (unpaired) electrons. The van der Waals surface area contributed by atoms with Crippen molar-refractivity contribution in [3.8, 4) is 0 Å². The Morgan fingerprint density at radius 3 is 2.57 bits per heavy atom. The van der Waals surface area contributed by atoms with Crippen molar-refractivity contribution in [2.24, 2.45) is 5.16 Å². The highest BCUT2D eigenvalue weighted by Gasteiger charge is 2.27. The van der Waals surface area contributed by atoms with E-state index in [9.17, 15) is 0 Å². The van der Waals surface area contributed by atoms with Gasteiger partial charge in [-0.25, -0.2) is 0 Å². The van der Waals surface area contributed by atoms with Crippen molar-refractivity contribution in [2.45, 2.75) is 51.0 Å². The first kappa shape index (κ1) is 9.97. The topological polar surface area (TPSA) is 35.8 Å². The molecule has 1 saturated heterocycles. The van der Waals surface area contributed by atoms with E-state index in [0.717, 1.165) is 12.1 Å². The van der Waals surface area contributed by atoms with Crippen LogP contribution < -0.4 is 0 Å². The molecule has 0 spiro atoms. The van der Waals surface area contributed by atoms with E-state index >= 15 is 0 Å². The minimum Gasteiger partial charge on any atom is -0.411 e. The molecule has 2 fully saturated rings. The number of hydrogen-bond donors (Lipinski definition) is 1. The van der Waals surface area contributed by atoms with Gasteiger partial charge < -0.3 is 5.21 Å². The molecule has 1 heterocycles. The molecule has 3 heteroatoms. The Balaban J connectivity index is 1.98. The fourth-order valence-corrected chi connectivity index (χ4v) is 2.72. The van der Waals surface area contributed by atoms with Crippen LogP contribution in [0.2, 0.25) is 0 Å². The molecule has 0 unspecified atom stereocenters. The van der Waals surface area contributed by atoms with Crippen LogP contribution in [0.25, 0.3) is 0 Å². The summed E-state index contributed by atoms with van der Waals surface area (Å²) in [5.74, 6) is 0. The number of oxime groups is 1. The van der Waals surface area contributed by atoms with E-state index in [1.165, 1.54) is 51.6 Å². The molecule has 1 N–H and O–H groups in total. The second-order valence-electron chi connectivity index (χ2n) is 4.45. The molecule has 0 aromatic heterocycles. The second-order valence-corrected chi connectivity index (χ2v) is 4.45. The molecule has 0 amide bonds. The largest absolute Gasteiger partial charge is 0.411 e. The van der Waals surface area contributed by atoms with Crippen molar-refractivity contribution < 1.29 is 5.21 Å². The lowest BCUT2D eigenvalue weighted by Crippen LogP contribution is -2.45. The van der Waals surface area contributed by atoms with E-state index < -0.39 is 0 Å². The van der Waals surface area contributed by atoms with Gasteiger partial charge in [-0.1, -0.05) is 18.0 Å². The Bertz CT molecular complexity index is 209. The molecule has 0 bridgehead atoms. The van der Waals surface area contributed by atoms with E-state index in [1.54, 1.807) is 0 Å². The van der Waals surface area contributed by atoms with Crippen LogP contribution in [0.4, 0.5) is 0 Å². The van der Waals surface area contributed by atoms with E-state index in [2.05, 4.69) is 10.1 Å². The highest BCUT2D eigenvalue weighted by atomic mass is 16.4. The third-order valence-electron chi connectivity index (χ3n) is 3.50. The quantitative estimate of drug-likeness (QED) is 0.515. The number of hydrogen-bond acceptors (Lipinski definition) is 3. The maximum atomic E-state index is 8.95. The highest BCUT2D eigenvalue weighted by molar-refractivity contribution is 5.89. The van der Waals surface area contributed by atoms with Gasteiger partial charge in [-0.3, -0.25) is 4.90 Å². The van der Waals surface area contributed by atoms with Crippen molar-refractivity contribution in [3.05, 3.63) is 0 Å². The molecular weight excluding hydrogens is 176 g/mol. The van der Waals surface area contributed by atoms with Gasteiger partial charge in [0.15, 0.2) is 0 Å². The molecule has 2 aliphatic rings. The minimum absolute atomic E-state index is 0.453. The Morgan fingerprint density at radius 1 is 1.07 bits per heavy atom. The van der Waals surface area contributed by atoms with Crippen LogP contribution in [0.1, 0.15) is 44.9 Å². The van der Waals surface area contributed by atoms with Crippen molar-refractivity contribution in [1.29, 1.82) is 0 Å². The van der Waals surface area contributed by atoms with Gasteiger partial charge in [0.1, 0.15) is 0 Å². The standard InChI is InChI=1S/C11H20N2O/c14-12-10-6-2-3-7-11(10)13-8-4-1-5-9-13/h11,14H,1-9H2/b12-10+/t11-/m0/s1. The Morgan fingerprint density at radius 2 is 1.86 bits per heavy atom. The van der Waals surface area contributed by atoms with Crippen LogP contribution in [-0.2, 0) is 0 Å². The zero-order valence-corrected chi connectivity index (χ0v) is 8.78. The third kappa shape index (κ3) is 2.08. The summed E-state index contributed by atoms with van der Waals surface area (Å²) in [7, 11) is 0. The zero-order valence-electron chi connectivity index (χ0n) is 8.78. The van der Waals surface area contributed by atoms with Crippen molar-refractivity contribution in [3.63, 3.8) is 0 Å². The summed E-state index contributed by atoms with van der Waals surface area (Å²) < 4.78 is 0. The molecule has 80 valence electrons. The molecular formula is C11H20N2O. The first-order chi connectivity index (χ1) is 6.92. The van der Waals surface area contributed by atoms with Crippen LogP contribution >= 0.6 is 0 Å². The van der Waals surface area contributed by atoms with Gasteiger partial charge in [0, 0.05) is 0 Å². The van der Waals surface area contributed by atoms with Gasteiger partial charge in [-0.2, -0.15) is 0 Å². The summed E-state index contributed by atoms with van der Waals surface area (Å²) in [5.41, 5.74) is 1.03. The second kappa shape index (κ2) is 4.78. The molecule has 1 aliphatic carbocycles. The summed E-state index contributed by atoms with van der Waals surface area (Å²) in [4.78, 5) is 2.51. The minimum atomic E-state index is 0.453. The summed E-state index contributed by atoms with van der Waals surface area (Å²) >= 11 is 0. The molecule has 1 atom stereocenters. The number of likely N-dealkylation sites (tertiary alicyclic amines) is 1. The lowest BCUT2D eigenvalue weighted by Gasteiger charge is -2.36. The summed E-state index contributed by atoms with van der Waals surface area (Å²) in [6, 6.07) is 0.453. The molecule has 1 saturated carbocycles. The monoisotopic (exact) mass is 196 g/mol. The number of piperidine rings is 1. The van der Waals surface area contributed by atoms with Gasteiger partial charge in [-0.15, -0.1) is 0 Å². The van der Waals surface area contributed by atoms with Gasteiger partial charge in [0.25, 0.3) is 0 Å². The van der Waals surface area contributed by atoms with Gasteiger partial charge >= 0.3 is 0 Å². The predicted octanol–water partition coefficient (Wildman–Crippen LogP) is 2.25. The molecule has 0 aromatic rings. The maximum Gasteiger partial charge on any atom is 0.0742 e. The first-order valence-electron chi connectivity index (χ1n) is 5.86. The molecule has 3 nitrogen and oxygen atoms in total. The summed E-state index contributed by atoms with van der Waals surface area (Å²) in [5, 5.41) is 12.4. The van der Waals surface area contributed by atoms with Crippen molar-refractivity contribution >= 4 is 5.71 Å². The fraction of sp³-hybridized carbons (Fsp3) is 0.909. The van der Waals surface area contributed by atoms with Crippen molar-refractivity contribution in [2.75, 3.05) is 13.1 Å². The normalized spacial score (nSPS) is 33.4. The maximum absolute atomic E-state index is 8.95. The number of nitrogens with zero attached hydrogens (tertiary/aromatic N) is 2. The molecule has 2 rings (SSSR count). The lowest BCUT2D eigenvalue weighted by molar-refractivity contribution is 0.180. The van der Waals surface area contributed by atoms with Crippen molar-refractivity contribution in [1.82, 2.24) is 4.90 Å². The molecule has 14 heavy (non-hydrogen) atoms. The van der Waals surface area contributed by atoms with Gasteiger partial charge in [-0.05, 0) is 45.2 Å². The van der Waals surface area contributed by atoms with Gasteiger partial charge in [0.05, 0.1) is 11.8 Å². The Kier molecular flexibility index (Phi) is 3.40. The summed E-state index contributed by atoms with van der Waals surface area (Å²) in [6.07, 6.45) is 8.68. The molecule has 1 aliphatic heterocycles. The van der Waals surface area contributed by atoms with Crippen LogP contribution in [0.5, 0.6) is 0 Å². The van der Waals surface area contributed by atoms with Crippen LogP contribution in [0.3, 0.4) is 0 Å². The number of rotatable bonds is 1. The van der Waals surface area contributed by atoms with E-state index in [1.807, 2.05) is 0 Å². The van der Waals surface area contributed by atoms with Crippen LogP contribution in [0.15, 0.2) is 5.16 Å². The average molecular weight is 196 g/mol. The molecule has 0 aromatic carbocycles. The zero-order chi connectivity index (χ0) is 9.80. The highest BCUT2D eigenvalue weighted by Crippen LogP contribution is 2.23. The van der Waals surface area contributed by atoms with Crippen LogP contribution in [0, 0.1) is 0 Å². The fourth-order valence-electron chi connectivity index (χ4n) is 2.72. The van der Waals surface area contributed by atoms with Crippen LogP contribution in [-0.4, -0.2) is 35.0 Å². The first-order valence-corrected chi connectivity index (χ1v) is 5.86. The Hall–Kier alpha value is -0.570. The summed E-state index contributed by atoms with van der Waals surface area (Å²) in [6.45, 7) is 2.40. The van der Waals surface area contributed by atoms with E-state index in [4.69, 9.17) is 5.21 Å². The van der Waals surface area contributed by atoms with Gasteiger partial charge in [0.2, 0.25) is 0 Å². The average Bonchev–Trinajstić information content (AvgIpc) is 2.30. The predicted molar refractivity (Wildman–Crippen MR) is 56.9 cm³/mol. The lowest BCUT2D eigenvalue weighted by atomic mass is 9.91.